The second kappa shape index (κ2) is 13.4. The van der Waals surface area contributed by atoms with Gasteiger partial charge in [-0.25, -0.2) is 4.98 Å². The third kappa shape index (κ3) is 7.29. The predicted octanol–water partition coefficient (Wildman–Crippen LogP) is 2.86. The van der Waals surface area contributed by atoms with Crippen molar-refractivity contribution in [1.29, 1.82) is 0 Å². The van der Waals surface area contributed by atoms with E-state index in [1.807, 2.05) is 50.2 Å². The van der Waals surface area contributed by atoms with E-state index in [-0.39, 0.29) is 29.9 Å². The summed E-state index contributed by atoms with van der Waals surface area (Å²) in [5.41, 5.74) is 2.18. The van der Waals surface area contributed by atoms with Gasteiger partial charge in [-0.15, -0.1) is 24.0 Å². The Morgan fingerprint density at radius 2 is 1.93 bits per heavy atom. The lowest BCUT2D eigenvalue weighted by Gasteiger charge is -2.19. The van der Waals surface area contributed by atoms with Crippen LogP contribution in [0.2, 0.25) is 0 Å². The number of carbonyl (C=O) groups is 1. The largest absolute Gasteiger partial charge is 0.357 e. The molecule has 7 nitrogen and oxygen atoms in total. The second-order valence-electron chi connectivity index (χ2n) is 6.28. The molecule has 8 heteroatoms. The summed E-state index contributed by atoms with van der Waals surface area (Å²) < 4.78 is 2.16. The maximum Gasteiger partial charge on any atom is 0.224 e. The van der Waals surface area contributed by atoms with Gasteiger partial charge in [-0.1, -0.05) is 12.1 Å². The van der Waals surface area contributed by atoms with Crippen molar-refractivity contribution in [2.24, 2.45) is 4.99 Å². The van der Waals surface area contributed by atoms with Gasteiger partial charge in [0.1, 0.15) is 0 Å². The number of halogens is 1. The van der Waals surface area contributed by atoms with Gasteiger partial charge in [-0.3, -0.25) is 9.79 Å². The van der Waals surface area contributed by atoms with E-state index >= 15 is 0 Å². The Morgan fingerprint density at radius 1 is 1.18 bits per heavy atom. The Hall–Kier alpha value is -1.84. The van der Waals surface area contributed by atoms with Crippen LogP contribution in [0.4, 0.5) is 0 Å². The lowest BCUT2D eigenvalue weighted by atomic mass is 10.3. The molecule has 1 aromatic carbocycles. The van der Waals surface area contributed by atoms with Gasteiger partial charge in [-0.2, -0.15) is 0 Å². The van der Waals surface area contributed by atoms with E-state index in [9.17, 15) is 4.79 Å². The number of guanidine groups is 1. The molecule has 0 aliphatic rings. The quantitative estimate of drug-likeness (QED) is 0.228. The summed E-state index contributed by atoms with van der Waals surface area (Å²) in [6.45, 7) is 10.5. The number of aliphatic imine (C=N–C) groups is 1. The van der Waals surface area contributed by atoms with Crippen molar-refractivity contribution in [1.82, 2.24) is 25.1 Å². The molecule has 0 atom stereocenters. The van der Waals surface area contributed by atoms with Crippen LogP contribution >= 0.6 is 24.0 Å². The fraction of sp³-hybridized carbons (Fsp3) is 0.550. The number of rotatable bonds is 10. The zero-order valence-electron chi connectivity index (χ0n) is 17.1. The van der Waals surface area contributed by atoms with Crippen molar-refractivity contribution < 1.29 is 4.79 Å². The van der Waals surface area contributed by atoms with Gasteiger partial charge in [0.05, 0.1) is 17.4 Å². The van der Waals surface area contributed by atoms with Crippen molar-refractivity contribution in [2.45, 2.75) is 40.2 Å². The van der Waals surface area contributed by atoms with Crippen LogP contribution in [0.1, 0.15) is 33.6 Å². The molecular weight excluding hydrogens is 467 g/mol. The minimum absolute atomic E-state index is 0. The standard InChI is InChI=1S/C20H32N6O.HI/c1-4-21-20(23-14-12-19(27)25(5-2)6-3)22-13-9-15-26-16-24-17-10-7-8-11-18(17)26;/h7-8,10-11,16H,4-6,9,12-15H2,1-3H3,(H2,21,22,23);1H. The molecular formula is C20H33IN6O. The highest BCUT2D eigenvalue weighted by Crippen LogP contribution is 2.11. The SMILES string of the molecule is CCNC(=NCCCn1cnc2ccccc21)NCCC(=O)N(CC)CC.I. The molecule has 1 heterocycles. The lowest BCUT2D eigenvalue weighted by Crippen LogP contribution is -2.40. The number of amides is 1. The molecule has 0 bridgehead atoms. The number of benzene rings is 1. The summed E-state index contributed by atoms with van der Waals surface area (Å²) in [5, 5.41) is 6.48. The van der Waals surface area contributed by atoms with Crippen molar-refractivity contribution >= 4 is 46.9 Å². The van der Waals surface area contributed by atoms with Crippen LogP contribution in [0.3, 0.4) is 0 Å². The highest BCUT2D eigenvalue weighted by Gasteiger charge is 2.09. The van der Waals surface area contributed by atoms with E-state index in [1.54, 1.807) is 0 Å². The zero-order chi connectivity index (χ0) is 19.5. The Kier molecular flexibility index (Phi) is 11.5. The summed E-state index contributed by atoms with van der Waals surface area (Å²) in [4.78, 5) is 22.9. The van der Waals surface area contributed by atoms with Crippen LogP contribution in [-0.2, 0) is 11.3 Å². The number of nitrogens with one attached hydrogen (secondary N) is 2. The topological polar surface area (TPSA) is 74.5 Å². The van der Waals surface area contributed by atoms with Crippen LogP contribution in [0.25, 0.3) is 11.0 Å². The molecule has 0 saturated heterocycles. The lowest BCUT2D eigenvalue weighted by molar-refractivity contribution is -0.130. The van der Waals surface area contributed by atoms with Crippen LogP contribution in [0, 0.1) is 0 Å². The van der Waals surface area contributed by atoms with Gasteiger partial charge in [0, 0.05) is 45.7 Å². The van der Waals surface area contributed by atoms with E-state index in [4.69, 9.17) is 0 Å². The first kappa shape index (κ1) is 24.2. The average Bonchev–Trinajstić information content (AvgIpc) is 3.09. The normalized spacial score (nSPS) is 11.2. The van der Waals surface area contributed by atoms with Crippen molar-refractivity contribution in [3.63, 3.8) is 0 Å². The first-order valence-electron chi connectivity index (χ1n) is 9.89. The number of nitrogens with zero attached hydrogens (tertiary/aromatic N) is 4. The van der Waals surface area contributed by atoms with Gasteiger partial charge in [0.15, 0.2) is 5.96 Å². The molecule has 0 radical (unpaired) electrons. The minimum Gasteiger partial charge on any atom is -0.357 e. The van der Waals surface area contributed by atoms with Crippen LogP contribution in [0.5, 0.6) is 0 Å². The van der Waals surface area contributed by atoms with Crippen molar-refractivity contribution in [3.05, 3.63) is 30.6 Å². The monoisotopic (exact) mass is 500 g/mol. The van der Waals surface area contributed by atoms with Crippen molar-refractivity contribution in [3.8, 4) is 0 Å². The Balaban J connectivity index is 0.00000392. The molecule has 0 spiro atoms. The summed E-state index contributed by atoms with van der Waals surface area (Å²) in [6.07, 6.45) is 3.29. The first-order chi connectivity index (χ1) is 13.2. The molecule has 28 heavy (non-hydrogen) atoms. The van der Waals surface area contributed by atoms with E-state index in [0.29, 0.717) is 19.5 Å². The summed E-state index contributed by atoms with van der Waals surface area (Å²) in [7, 11) is 0. The Labute approximate surface area is 185 Å². The maximum atomic E-state index is 12.1. The number of hydrogen-bond acceptors (Lipinski definition) is 3. The highest BCUT2D eigenvalue weighted by atomic mass is 127. The molecule has 0 aliphatic carbocycles. The van der Waals surface area contributed by atoms with Crippen molar-refractivity contribution in [2.75, 3.05) is 32.7 Å². The zero-order valence-corrected chi connectivity index (χ0v) is 19.5. The van der Waals surface area contributed by atoms with E-state index in [2.05, 4.69) is 31.2 Å². The van der Waals surface area contributed by atoms with Gasteiger partial charge in [0.2, 0.25) is 5.91 Å². The molecule has 1 aromatic heterocycles. The van der Waals surface area contributed by atoms with E-state index < -0.39 is 0 Å². The molecule has 2 aromatic rings. The van der Waals surface area contributed by atoms with Gasteiger partial charge < -0.3 is 20.1 Å². The van der Waals surface area contributed by atoms with E-state index in [1.165, 1.54) is 0 Å². The third-order valence-electron chi connectivity index (χ3n) is 4.45. The van der Waals surface area contributed by atoms with Crippen LogP contribution in [-0.4, -0.2) is 59.0 Å². The van der Waals surface area contributed by atoms with Crippen LogP contribution in [0.15, 0.2) is 35.6 Å². The Morgan fingerprint density at radius 3 is 2.64 bits per heavy atom. The molecule has 2 N–H and O–H groups in total. The fourth-order valence-corrected chi connectivity index (χ4v) is 2.98. The second-order valence-corrected chi connectivity index (χ2v) is 6.28. The molecule has 156 valence electrons. The smallest absolute Gasteiger partial charge is 0.224 e. The predicted molar refractivity (Wildman–Crippen MR) is 126 cm³/mol. The average molecular weight is 500 g/mol. The molecule has 0 aliphatic heterocycles. The molecule has 1 amide bonds. The third-order valence-corrected chi connectivity index (χ3v) is 4.45. The number of fused-ring (bicyclic) bond motifs is 1. The molecule has 0 fully saturated rings. The fourth-order valence-electron chi connectivity index (χ4n) is 2.98. The Bertz CT molecular complexity index is 741. The van der Waals surface area contributed by atoms with Crippen LogP contribution < -0.4 is 10.6 Å². The minimum atomic E-state index is 0. The summed E-state index contributed by atoms with van der Waals surface area (Å²) >= 11 is 0. The maximum absolute atomic E-state index is 12.1. The van der Waals surface area contributed by atoms with Gasteiger partial charge >= 0.3 is 0 Å². The summed E-state index contributed by atoms with van der Waals surface area (Å²) in [6, 6.07) is 8.15. The van der Waals surface area contributed by atoms with Gasteiger partial charge in [-0.05, 0) is 39.3 Å². The number of para-hydroxylation sites is 2. The number of carbonyl (C=O) groups excluding carboxylic acids is 1. The molecule has 0 unspecified atom stereocenters. The number of imidazole rings is 1. The summed E-state index contributed by atoms with van der Waals surface area (Å²) in [5.74, 6) is 0.940. The highest BCUT2D eigenvalue weighted by molar-refractivity contribution is 14.0. The first-order valence-corrected chi connectivity index (χ1v) is 9.89. The molecule has 0 saturated carbocycles. The van der Waals surface area contributed by atoms with Gasteiger partial charge in [0.25, 0.3) is 0 Å². The van der Waals surface area contributed by atoms with E-state index in [0.717, 1.165) is 49.6 Å². The number of aryl methyl sites for hydroxylation is 1. The molecule has 2 rings (SSSR count). The number of hydrogen-bond donors (Lipinski definition) is 2. The number of aromatic nitrogens is 2.